The van der Waals surface area contributed by atoms with E-state index in [1.807, 2.05) is 0 Å². The largest absolute Gasteiger partial charge is 0.381 e. The zero-order valence-electron chi connectivity index (χ0n) is 9.09. The minimum Gasteiger partial charge on any atom is -0.381 e. The van der Waals surface area contributed by atoms with Crippen LogP contribution in [0.1, 0.15) is 13.3 Å². The average Bonchev–Trinajstić information content (AvgIpc) is 2.53. The van der Waals surface area contributed by atoms with E-state index in [2.05, 4.69) is 17.6 Å². The maximum absolute atomic E-state index is 5.34. The van der Waals surface area contributed by atoms with Crippen LogP contribution in [0.15, 0.2) is 0 Å². The molecule has 2 fully saturated rings. The van der Waals surface area contributed by atoms with Gasteiger partial charge in [0.25, 0.3) is 0 Å². The van der Waals surface area contributed by atoms with E-state index in [1.54, 1.807) is 0 Å². The fourth-order valence-corrected chi connectivity index (χ4v) is 2.14. The molecule has 2 unspecified atom stereocenters. The number of ether oxygens (including phenoxy) is 1. The molecule has 2 aliphatic rings. The Hall–Kier alpha value is -0.120. The zero-order valence-corrected chi connectivity index (χ0v) is 9.09. The minimum atomic E-state index is 0.765. The van der Waals surface area contributed by atoms with Crippen LogP contribution < -0.4 is 10.6 Å². The molecule has 2 heterocycles. The van der Waals surface area contributed by atoms with Crippen molar-refractivity contribution in [2.24, 2.45) is 17.8 Å². The van der Waals surface area contributed by atoms with Gasteiger partial charge in [0.1, 0.15) is 0 Å². The van der Waals surface area contributed by atoms with E-state index in [1.165, 1.54) is 26.1 Å². The molecule has 14 heavy (non-hydrogen) atoms. The van der Waals surface area contributed by atoms with Gasteiger partial charge in [-0.1, -0.05) is 6.92 Å². The summed E-state index contributed by atoms with van der Waals surface area (Å²) in [5, 5.41) is 6.89. The molecule has 3 heteroatoms. The molecule has 0 radical (unpaired) electrons. The lowest BCUT2D eigenvalue weighted by molar-refractivity contribution is 0.183. The van der Waals surface area contributed by atoms with E-state index in [9.17, 15) is 0 Å². The van der Waals surface area contributed by atoms with Gasteiger partial charge in [-0.15, -0.1) is 0 Å². The fraction of sp³-hybridized carbons (Fsp3) is 1.00. The second kappa shape index (κ2) is 5.10. The van der Waals surface area contributed by atoms with Crippen LogP contribution in [0, 0.1) is 17.8 Å². The van der Waals surface area contributed by atoms with Gasteiger partial charge in [0.15, 0.2) is 0 Å². The maximum Gasteiger partial charge on any atom is 0.0507 e. The zero-order chi connectivity index (χ0) is 9.80. The number of hydrogen-bond donors (Lipinski definition) is 2. The predicted octanol–water partition coefficient (Wildman–Crippen LogP) is 0.468. The van der Waals surface area contributed by atoms with Crippen molar-refractivity contribution in [2.45, 2.75) is 13.3 Å². The minimum absolute atomic E-state index is 0.765. The summed E-state index contributed by atoms with van der Waals surface area (Å²) in [5.41, 5.74) is 0. The summed E-state index contributed by atoms with van der Waals surface area (Å²) in [4.78, 5) is 0. The molecule has 3 nitrogen and oxygen atoms in total. The van der Waals surface area contributed by atoms with E-state index >= 15 is 0 Å². The Balaban J connectivity index is 1.52. The van der Waals surface area contributed by atoms with Gasteiger partial charge in [0.2, 0.25) is 0 Å². The molecule has 0 aliphatic carbocycles. The van der Waals surface area contributed by atoms with Gasteiger partial charge in [-0.05, 0) is 43.8 Å². The highest BCUT2D eigenvalue weighted by Gasteiger charge is 2.23. The first-order chi connectivity index (χ1) is 6.86. The topological polar surface area (TPSA) is 33.3 Å². The molecule has 2 aliphatic heterocycles. The third-order valence-corrected chi connectivity index (χ3v) is 3.54. The van der Waals surface area contributed by atoms with Crippen LogP contribution >= 0.6 is 0 Å². The number of hydrogen-bond acceptors (Lipinski definition) is 3. The quantitative estimate of drug-likeness (QED) is 0.673. The SMILES string of the molecule is CC(CNCC1CCOC1)C1CNC1. The van der Waals surface area contributed by atoms with Crippen LogP contribution in [0.3, 0.4) is 0 Å². The Morgan fingerprint density at radius 3 is 2.93 bits per heavy atom. The average molecular weight is 198 g/mol. The molecule has 82 valence electrons. The molecule has 2 rings (SSSR count). The maximum atomic E-state index is 5.34. The Labute approximate surface area is 86.6 Å². The standard InChI is InChI=1S/C11H22N2O/c1-9(11-6-13-7-11)4-12-5-10-2-3-14-8-10/h9-13H,2-8H2,1H3. The van der Waals surface area contributed by atoms with E-state index in [4.69, 9.17) is 4.74 Å². The molecule has 2 saturated heterocycles. The van der Waals surface area contributed by atoms with Crippen molar-refractivity contribution in [3.63, 3.8) is 0 Å². The van der Waals surface area contributed by atoms with Gasteiger partial charge < -0.3 is 15.4 Å². The van der Waals surface area contributed by atoms with Crippen molar-refractivity contribution in [3.05, 3.63) is 0 Å². The first-order valence-electron chi connectivity index (χ1n) is 5.85. The Morgan fingerprint density at radius 2 is 2.36 bits per heavy atom. The normalized spacial score (nSPS) is 30.2. The van der Waals surface area contributed by atoms with E-state index in [-0.39, 0.29) is 0 Å². The molecular formula is C11H22N2O. The third-order valence-electron chi connectivity index (χ3n) is 3.54. The summed E-state index contributed by atoms with van der Waals surface area (Å²) in [6, 6.07) is 0. The molecule has 0 aromatic carbocycles. The van der Waals surface area contributed by atoms with Gasteiger partial charge in [-0.25, -0.2) is 0 Å². The second-order valence-electron chi connectivity index (χ2n) is 4.78. The highest BCUT2D eigenvalue weighted by atomic mass is 16.5. The van der Waals surface area contributed by atoms with Crippen LogP contribution in [0.2, 0.25) is 0 Å². The summed E-state index contributed by atoms with van der Waals surface area (Å²) >= 11 is 0. The summed E-state index contributed by atoms with van der Waals surface area (Å²) in [7, 11) is 0. The number of rotatable bonds is 5. The van der Waals surface area contributed by atoms with Gasteiger partial charge in [-0.2, -0.15) is 0 Å². The van der Waals surface area contributed by atoms with E-state index in [0.717, 1.165) is 37.5 Å². The van der Waals surface area contributed by atoms with Gasteiger partial charge >= 0.3 is 0 Å². The Kier molecular flexibility index (Phi) is 3.79. The van der Waals surface area contributed by atoms with Crippen molar-refractivity contribution < 1.29 is 4.74 Å². The Bertz CT molecular complexity index is 165. The van der Waals surface area contributed by atoms with Crippen LogP contribution in [0.25, 0.3) is 0 Å². The van der Waals surface area contributed by atoms with Gasteiger partial charge in [0, 0.05) is 13.2 Å². The van der Waals surface area contributed by atoms with Crippen LogP contribution in [-0.2, 0) is 4.74 Å². The lowest BCUT2D eigenvalue weighted by Gasteiger charge is -2.33. The number of nitrogens with one attached hydrogen (secondary N) is 2. The Morgan fingerprint density at radius 1 is 1.50 bits per heavy atom. The lowest BCUT2D eigenvalue weighted by atomic mass is 9.89. The van der Waals surface area contributed by atoms with Crippen molar-refractivity contribution in [2.75, 3.05) is 39.4 Å². The molecule has 0 spiro atoms. The van der Waals surface area contributed by atoms with Gasteiger partial charge in [-0.3, -0.25) is 0 Å². The smallest absolute Gasteiger partial charge is 0.0507 e. The highest BCUT2D eigenvalue weighted by molar-refractivity contribution is 4.80. The molecule has 2 atom stereocenters. The molecule has 2 N–H and O–H groups in total. The first-order valence-corrected chi connectivity index (χ1v) is 5.85. The highest BCUT2D eigenvalue weighted by Crippen LogP contribution is 2.15. The predicted molar refractivity (Wildman–Crippen MR) is 57.3 cm³/mol. The molecule has 0 bridgehead atoms. The van der Waals surface area contributed by atoms with E-state index < -0.39 is 0 Å². The van der Waals surface area contributed by atoms with Crippen molar-refractivity contribution >= 4 is 0 Å². The van der Waals surface area contributed by atoms with E-state index in [0.29, 0.717) is 0 Å². The summed E-state index contributed by atoms with van der Waals surface area (Å²) in [5.74, 6) is 2.49. The first kappa shape index (κ1) is 10.4. The van der Waals surface area contributed by atoms with Crippen molar-refractivity contribution in [1.29, 1.82) is 0 Å². The van der Waals surface area contributed by atoms with Gasteiger partial charge in [0.05, 0.1) is 6.61 Å². The monoisotopic (exact) mass is 198 g/mol. The molecule has 0 amide bonds. The van der Waals surface area contributed by atoms with Crippen molar-refractivity contribution in [3.8, 4) is 0 Å². The molecule has 0 aromatic rings. The molecule has 0 saturated carbocycles. The third kappa shape index (κ3) is 2.69. The second-order valence-corrected chi connectivity index (χ2v) is 4.78. The summed E-state index contributed by atoms with van der Waals surface area (Å²) in [6.07, 6.45) is 1.24. The summed E-state index contributed by atoms with van der Waals surface area (Å²) in [6.45, 7) is 9.03. The molecule has 0 aromatic heterocycles. The van der Waals surface area contributed by atoms with Crippen LogP contribution in [0.5, 0.6) is 0 Å². The summed E-state index contributed by atoms with van der Waals surface area (Å²) < 4.78 is 5.34. The molecular weight excluding hydrogens is 176 g/mol. The lowest BCUT2D eigenvalue weighted by Crippen LogP contribution is -2.48. The van der Waals surface area contributed by atoms with Crippen LogP contribution in [-0.4, -0.2) is 39.4 Å². The van der Waals surface area contributed by atoms with Crippen LogP contribution in [0.4, 0.5) is 0 Å². The van der Waals surface area contributed by atoms with Crippen molar-refractivity contribution in [1.82, 2.24) is 10.6 Å². The fourth-order valence-electron chi connectivity index (χ4n) is 2.14.